The average Bonchev–Trinajstić information content (AvgIpc) is 3.01. The van der Waals surface area contributed by atoms with E-state index in [2.05, 4.69) is 26.0 Å². The summed E-state index contributed by atoms with van der Waals surface area (Å²) in [6.45, 7) is 4.93. The van der Waals surface area contributed by atoms with Gasteiger partial charge in [0.2, 0.25) is 0 Å². The highest BCUT2D eigenvalue weighted by Crippen LogP contribution is 2.29. The quantitative estimate of drug-likeness (QED) is 0.543. The highest BCUT2D eigenvalue weighted by atomic mass is 16.5. The Morgan fingerprint density at radius 2 is 2.13 bits per heavy atom. The van der Waals surface area contributed by atoms with E-state index >= 15 is 0 Å². The molecule has 1 aromatic rings. The molecule has 1 atom stereocenters. The summed E-state index contributed by atoms with van der Waals surface area (Å²) in [5, 5.41) is 0. The number of anilines is 1. The molecule has 1 aliphatic rings. The van der Waals surface area contributed by atoms with Crippen LogP contribution in [-0.2, 0) is 9.53 Å². The first-order chi connectivity index (χ1) is 7.13. The van der Waals surface area contributed by atoms with E-state index in [1.54, 1.807) is 0 Å². The molecule has 0 aromatic heterocycles. The summed E-state index contributed by atoms with van der Waals surface area (Å²) in [7, 11) is 1.43. The first kappa shape index (κ1) is 10.0. The van der Waals surface area contributed by atoms with E-state index in [0.29, 0.717) is 0 Å². The van der Waals surface area contributed by atoms with Gasteiger partial charge in [0.15, 0.2) is 0 Å². The summed E-state index contributed by atoms with van der Waals surface area (Å²) in [5.41, 5.74) is 3.63. The van der Waals surface area contributed by atoms with Gasteiger partial charge in [-0.3, -0.25) is 0 Å². The smallest absolute Gasteiger partial charge is 0.330 e. The van der Waals surface area contributed by atoms with E-state index < -0.39 is 0 Å². The standard InChI is InChI=1S/C12H15NO2/c1-8-4-5-10(6-9(8)2)13-7-11(13)12(14)15-3/h4-6,11H,7H2,1-3H3. The maximum atomic E-state index is 11.2. The lowest BCUT2D eigenvalue weighted by Gasteiger charge is -2.07. The third-order valence-corrected chi connectivity index (χ3v) is 2.91. The minimum Gasteiger partial charge on any atom is -0.467 e. The summed E-state index contributed by atoms with van der Waals surface area (Å²) in [6.07, 6.45) is 0. The van der Waals surface area contributed by atoms with Crippen LogP contribution in [0.15, 0.2) is 18.2 Å². The van der Waals surface area contributed by atoms with Crippen molar-refractivity contribution < 1.29 is 9.53 Å². The first-order valence-electron chi connectivity index (χ1n) is 5.05. The van der Waals surface area contributed by atoms with Crippen LogP contribution < -0.4 is 4.90 Å². The van der Waals surface area contributed by atoms with Crippen LogP contribution in [0, 0.1) is 13.8 Å². The molecule has 80 valence electrons. The number of aryl methyl sites for hydroxylation is 2. The molecule has 3 heteroatoms. The topological polar surface area (TPSA) is 29.3 Å². The van der Waals surface area contributed by atoms with Gasteiger partial charge < -0.3 is 9.64 Å². The van der Waals surface area contributed by atoms with Crippen LogP contribution in [0.25, 0.3) is 0 Å². The number of carbonyl (C=O) groups is 1. The van der Waals surface area contributed by atoms with Crippen molar-refractivity contribution in [3.05, 3.63) is 29.3 Å². The normalized spacial score (nSPS) is 18.9. The molecule has 0 aliphatic carbocycles. The lowest BCUT2D eigenvalue weighted by atomic mass is 10.1. The number of benzene rings is 1. The van der Waals surface area contributed by atoms with Crippen LogP contribution in [0.5, 0.6) is 0 Å². The zero-order valence-electron chi connectivity index (χ0n) is 9.28. The van der Waals surface area contributed by atoms with Gasteiger partial charge in [-0.25, -0.2) is 4.79 Å². The SMILES string of the molecule is COC(=O)C1CN1c1ccc(C)c(C)c1. The predicted octanol–water partition coefficient (Wildman–Crippen LogP) is 1.67. The van der Waals surface area contributed by atoms with E-state index in [0.717, 1.165) is 12.2 Å². The van der Waals surface area contributed by atoms with Gasteiger partial charge in [-0.05, 0) is 37.1 Å². The molecular formula is C12H15NO2. The van der Waals surface area contributed by atoms with Crippen molar-refractivity contribution in [1.82, 2.24) is 0 Å². The van der Waals surface area contributed by atoms with Crippen LogP contribution in [0.4, 0.5) is 5.69 Å². The molecule has 1 heterocycles. The summed E-state index contributed by atoms with van der Waals surface area (Å²) < 4.78 is 4.70. The minimum absolute atomic E-state index is 0.0721. The summed E-state index contributed by atoms with van der Waals surface area (Å²) in [6, 6.07) is 6.16. The Balaban J connectivity index is 2.13. The van der Waals surface area contributed by atoms with E-state index in [1.165, 1.54) is 18.2 Å². The van der Waals surface area contributed by atoms with Gasteiger partial charge in [-0.2, -0.15) is 0 Å². The summed E-state index contributed by atoms with van der Waals surface area (Å²) >= 11 is 0. The molecule has 1 aliphatic heterocycles. The van der Waals surface area contributed by atoms with Crippen LogP contribution in [0.1, 0.15) is 11.1 Å². The van der Waals surface area contributed by atoms with Gasteiger partial charge in [-0.15, -0.1) is 0 Å². The van der Waals surface area contributed by atoms with Crippen LogP contribution in [-0.4, -0.2) is 25.7 Å². The second-order valence-corrected chi connectivity index (χ2v) is 3.96. The zero-order chi connectivity index (χ0) is 11.0. The fourth-order valence-corrected chi connectivity index (χ4v) is 1.67. The van der Waals surface area contributed by atoms with Crippen molar-refractivity contribution in [3.8, 4) is 0 Å². The fourth-order valence-electron chi connectivity index (χ4n) is 1.67. The van der Waals surface area contributed by atoms with Crippen molar-refractivity contribution in [2.45, 2.75) is 19.9 Å². The van der Waals surface area contributed by atoms with E-state index in [4.69, 9.17) is 4.74 Å². The molecule has 0 radical (unpaired) electrons. The highest BCUT2D eigenvalue weighted by molar-refractivity contribution is 5.86. The third-order valence-electron chi connectivity index (χ3n) is 2.91. The molecule has 15 heavy (non-hydrogen) atoms. The van der Waals surface area contributed by atoms with E-state index in [-0.39, 0.29) is 12.0 Å². The van der Waals surface area contributed by atoms with E-state index in [1.807, 2.05) is 11.0 Å². The Kier molecular flexibility index (Phi) is 2.39. The summed E-state index contributed by atoms with van der Waals surface area (Å²) in [4.78, 5) is 13.3. The molecule has 1 aromatic carbocycles. The molecule has 1 unspecified atom stereocenters. The molecule has 3 nitrogen and oxygen atoms in total. The van der Waals surface area contributed by atoms with Crippen LogP contribution in [0.2, 0.25) is 0 Å². The van der Waals surface area contributed by atoms with Crippen molar-refractivity contribution in [3.63, 3.8) is 0 Å². The molecule has 0 saturated carbocycles. The van der Waals surface area contributed by atoms with Gasteiger partial charge in [-0.1, -0.05) is 6.07 Å². The number of nitrogens with zero attached hydrogens (tertiary/aromatic N) is 1. The Morgan fingerprint density at radius 1 is 1.40 bits per heavy atom. The molecule has 1 fully saturated rings. The minimum atomic E-state index is -0.145. The Labute approximate surface area is 89.7 Å². The summed E-state index contributed by atoms with van der Waals surface area (Å²) in [5.74, 6) is -0.145. The molecule has 1 saturated heterocycles. The van der Waals surface area contributed by atoms with Crippen LogP contribution in [0.3, 0.4) is 0 Å². The van der Waals surface area contributed by atoms with Crippen molar-refractivity contribution >= 4 is 11.7 Å². The Morgan fingerprint density at radius 3 is 2.73 bits per heavy atom. The van der Waals surface area contributed by atoms with Gasteiger partial charge in [0.05, 0.1) is 13.7 Å². The number of hydrogen-bond donors (Lipinski definition) is 0. The van der Waals surface area contributed by atoms with Gasteiger partial charge >= 0.3 is 5.97 Å². The second-order valence-electron chi connectivity index (χ2n) is 3.96. The second kappa shape index (κ2) is 3.57. The number of methoxy groups -OCH3 is 1. The number of carbonyl (C=O) groups excluding carboxylic acids is 1. The molecular weight excluding hydrogens is 190 g/mol. The highest BCUT2D eigenvalue weighted by Gasteiger charge is 2.41. The zero-order valence-corrected chi connectivity index (χ0v) is 9.28. The first-order valence-corrected chi connectivity index (χ1v) is 5.05. The maximum absolute atomic E-state index is 11.2. The largest absolute Gasteiger partial charge is 0.467 e. The molecule has 0 bridgehead atoms. The van der Waals surface area contributed by atoms with Gasteiger partial charge in [0.25, 0.3) is 0 Å². The van der Waals surface area contributed by atoms with Crippen molar-refractivity contribution in [1.29, 1.82) is 0 Å². The molecule has 0 N–H and O–H groups in total. The predicted molar refractivity (Wildman–Crippen MR) is 59.1 cm³/mol. The molecule has 0 amide bonds. The fraction of sp³-hybridized carbons (Fsp3) is 0.417. The van der Waals surface area contributed by atoms with E-state index in [9.17, 15) is 4.79 Å². The van der Waals surface area contributed by atoms with Gasteiger partial charge in [0, 0.05) is 5.69 Å². The number of esters is 1. The average molecular weight is 205 g/mol. The number of rotatable bonds is 2. The Hall–Kier alpha value is -1.51. The van der Waals surface area contributed by atoms with Crippen molar-refractivity contribution in [2.24, 2.45) is 0 Å². The lowest BCUT2D eigenvalue weighted by Crippen LogP contribution is -2.13. The van der Waals surface area contributed by atoms with Gasteiger partial charge in [0.1, 0.15) is 6.04 Å². The maximum Gasteiger partial charge on any atom is 0.330 e. The number of ether oxygens (including phenoxy) is 1. The molecule has 0 spiro atoms. The monoisotopic (exact) mass is 205 g/mol. The Bertz CT molecular complexity index is 401. The van der Waals surface area contributed by atoms with Crippen molar-refractivity contribution in [2.75, 3.05) is 18.6 Å². The number of hydrogen-bond acceptors (Lipinski definition) is 3. The molecule has 2 rings (SSSR count). The third kappa shape index (κ3) is 1.82. The van der Waals surface area contributed by atoms with Crippen LogP contribution >= 0.6 is 0 Å². The lowest BCUT2D eigenvalue weighted by molar-refractivity contribution is -0.139.